The number of benzene rings is 1. The molecule has 0 aliphatic heterocycles. The highest BCUT2D eigenvalue weighted by Crippen LogP contribution is 2.25. The molecule has 112 valence electrons. The molecule has 0 spiro atoms. The molecule has 0 aliphatic carbocycles. The molecule has 2 rings (SSSR count). The summed E-state index contributed by atoms with van der Waals surface area (Å²) in [5.74, 6) is 0.803. The maximum absolute atomic E-state index is 11.6. The predicted octanol–water partition coefficient (Wildman–Crippen LogP) is 3.80. The number of Topliss-reactive ketones (excluding diaryl/α,β-unsaturated/α-hetero) is 1. The zero-order valence-electron chi connectivity index (χ0n) is 12.7. The summed E-state index contributed by atoms with van der Waals surface area (Å²) in [4.78, 5) is 11.6. The van der Waals surface area contributed by atoms with E-state index in [0.717, 1.165) is 22.7 Å². The van der Waals surface area contributed by atoms with Crippen LogP contribution >= 0.6 is 11.6 Å². The third-order valence-corrected chi connectivity index (χ3v) is 3.93. The molecular weight excluding hydrogens is 288 g/mol. The van der Waals surface area contributed by atoms with E-state index in [4.69, 9.17) is 16.3 Å². The number of aryl methyl sites for hydroxylation is 1. The molecule has 1 aromatic carbocycles. The summed E-state index contributed by atoms with van der Waals surface area (Å²) >= 11 is 6.18. The minimum atomic E-state index is 0.0331. The van der Waals surface area contributed by atoms with E-state index in [0.29, 0.717) is 23.7 Å². The van der Waals surface area contributed by atoms with Gasteiger partial charge in [0.1, 0.15) is 5.75 Å². The van der Waals surface area contributed by atoms with Crippen molar-refractivity contribution in [2.45, 2.75) is 34.2 Å². The van der Waals surface area contributed by atoms with Crippen LogP contribution in [0, 0.1) is 13.8 Å². The van der Waals surface area contributed by atoms with Gasteiger partial charge in [-0.05, 0) is 45.9 Å². The van der Waals surface area contributed by atoms with Crippen LogP contribution in [0.3, 0.4) is 0 Å². The molecule has 2 aromatic rings. The summed E-state index contributed by atoms with van der Waals surface area (Å²) in [6, 6.07) is 5.48. The van der Waals surface area contributed by atoms with E-state index in [1.165, 1.54) is 0 Å². The van der Waals surface area contributed by atoms with Crippen molar-refractivity contribution < 1.29 is 9.53 Å². The fourth-order valence-electron chi connectivity index (χ4n) is 2.21. The fraction of sp³-hybridized carbons (Fsp3) is 0.375. The van der Waals surface area contributed by atoms with Crippen LogP contribution in [0.2, 0.25) is 5.02 Å². The number of hydrogen-bond donors (Lipinski definition) is 0. The molecule has 21 heavy (non-hydrogen) atoms. The molecular formula is C16H19ClN2O2. The van der Waals surface area contributed by atoms with Crippen molar-refractivity contribution in [1.29, 1.82) is 0 Å². The van der Waals surface area contributed by atoms with Gasteiger partial charge in [-0.2, -0.15) is 5.10 Å². The van der Waals surface area contributed by atoms with Crippen LogP contribution in [-0.4, -0.2) is 22.2 Å². The van der Waals surface area contributed by atoms with Crippen molar-refractivity contribution in [3.05, 3.63) is 45.7 Å². The smallest absolute Gasteiger partial charge is 0.159 e. The molecule has 4 nitrogen and oxygen atoms in total. The Balaban J connectivity index is 2.42. The number of rotatable bonds is 5. The van der Waals surface area contributed by atoms with Gasteiger partial charge in [-0.15, -0.1) is 0 Å². The number of aromatic nitrogens is 2. The Bertz CT molecular complexity index is 677. The van der Waals surface area contributed by atoms with Gasteiger partial charge in [0.25, 0.3) is 0 Å². The van der Waals surface area contributed by atoms with Crippen molar-refractivity contribution in [3.63, 3.8) is 0 Å². The summed E-state index contributed by atoms with van der Waals surface area (Å²) in [7, 11) is 0. The number of carbonyl (C=O) groups is 1. The first-order valence-corrected chi connectivity index (χ1v) is 7.28. The lowest BCUT2D eigenvalue weighted by molar-refractivity contribution is 0.101. The first kappa shape index (κ1) is 15.6. The van der Waals surface area contributed by atoms with Crippen LogP contribution in [0.1, 0.15) is 41.2 Å². The third kappa shape index (κ3) is 3.27. The molecule has 0 fully saturated rings. The number of nitrogens with zero attached hydrogens (tertiary/aromatic N) is 2. The average Bonchev–Trinajstić information content (AvgIpc) is 2.68. The second kappa shape index (κ2) is 6.31. The molecule has 0 atom stereocenters. The van der Waals surface area contributed by atoms with Crippen molar-refractivity contribution in [1.82, 2.24) is 9.78 Å². The van der Waals surface area contributed by atoms with Crippen molar-refractivity contribution >= 4 is 17.4 Å². The SMILES string of the molecule is CCOc1ccc(C(C)=O)cc1Cn1nc(C)c(Cl)c1C. The molecule has 0 bridgehead atoms. The number of ether oxygens (including phenoxy) is 1. The molecule has 0 unspecified atom stereocenters. The Labute approximate surface area is 129 Å². The highest BCUT2D eigenvalue weighted by molar-refractivity contribution is 6.31. The number of ketones is 1. The molecule has 0 radical (unpaired) electrons. The minimum absolute atomic E-state index is 0.0331. The van der Waals surface area contributed by atoms with E-state index in [1.807, 2.05) is 37.6 Å². The number of halogens is 1. The minimum Gasteiger partial charge on any atom is -0.494 e. The van der Waals surface area contributed by atoms with Crippen molar-refractivity contribution in [2.75, 3.05) is 6.61 Å². The van der Waals surface area contributed by atoms with Crippen LogP contribution in [0.15, 0.2) is 18.2 Å². The van der Waals surface area contributed by atoms with E-state index >= 15 is 0 Å². The lowest BCUT2D eigenvalue weighted by Crippen LogP contribution is -2.08. The summed E-state index contributed by atoms with van der Waals surface area (Å²) in [5, 5.41) is 5.10. The Kier molecular flexibility index (Phi) is 4.68. The van der Waals surface area contributed by atoms with Gasteiger partial charge in [-0.1, -0.05) is 11.6 Å². The molecule has 0 amide bonds. The van der Waals surface area contributed by atoms with E-state index in [-0.39, 0.29) is 5.78 Å². The summed E-state index contributed by atoms with van der Waals surface area (Å²) in [6.07, 6.45) is 0. The van der Waals surface area contributed by atoms with Crippen LogP contribution in [0.5, 0.6) is 5.75 Å². The summed E-state index contributed by atoms with van der Waals surface area (Å²) < 4.78 is 7.47. The number of hydrogen-bond acceptors (Lipinski definition) is 3. The van der Waals surface area contributed by atoms with E-state index in [2.05, 4.69) is 5.10 Å². The zero-order chi connectivity index (χ0) is 15.6. The topological polar surface area (TPSA) is 44.1 Å². The van der Waals surface area contributed by atoms with Crippen LogP contribution in [-0.2, 0) is 6.54 Å². The van der Waals surface area contributed by atoms with E-state index in [9.17, 15) is 4.79 Å². The van der Waals surface area contributed by atoms with Gasteiger partial charge in [0.2, 0.25) is 0 Å². The largest absolute Gasteiger partial charge is 0.494 e. The van der Waals surface area contributed by atoms with Crippen molar-refractivity contribution in [3.8, 4) is 5.75 Å². The van der Waals surface area contributed by atoms with Crippen molar-refractivity contribution in [2.24, 2.45) is 0 Å². The van der Waals surface area contributed by atoms with Crippen LogP contribution in [0.4, 0.5) is 0 Å². The van der Waals surface area contributed by atoms with E-state index in [1.54, 1.807) is 13.0 Å². The van der Waals surface area contributed by atoms with Gasteiger partial charge in [0.05, 0.1) is 29.6 Å². The Morgan fingerprint density at radius 3 is 2.62 bits per heavy atom. The normalized spacial score (nSPS) is 10.7. The second-order valence-electron chi connectivity index (χ2n) is 4.95. The van der Waals surface area contributed by atoms with Crippen LogP contribution in [0.25, 0.3) is 0 Å². The van der Waals surface area contributed by atoms with E-state index < -0.39 is 0 Å². The lowest BCUT2D eigenvalue weighted by atomic mass is 10.1. The second-order valence-corrected chi connectivity index (χ2v) is 5.33. The number of carbonyl (C=O) groups excluding carboxylic acids is 1. The predicted molar refractivity (Wildman–Crippen MR) is 83.4 cm³/mol. The summed E-state index contributed by atoms with van der Waals surface area (Å²) in [5.41, 5.74) is 3.30. The molecule has 0 aliphatic rings. The van der Waals surface area contributed by atoms with Gasteiger partial charge in [0.15, 0.2) is 5.78 Å². The monoisotopic (exact) mass is 306 g/mol. The van der Waals surface area contributed by atoms with Gasteiger partial charge >= 0.3 is 0 Å². The molecule has 5 heteroatoms. The zero-order valence-corrected chi connectivity index (χ0v) is 13.5. The Hall–Kier alpha value is -1.81. The third-order valence-electron chi connectivity index (χ3n) is 3.38. The highest BCUT2D eigenvalue weighted by atomic mass is 35.5. The van der Waals surface area contributed by atoms with Gasteiger partial charge in [-0.25, -0.2) is 0 Å². The average molecular weight is 307 g/mol. The van der Waals surface area contributed by atoms with Gasteiger partial charge in [-0.3, -0.25) is 9.48 Å². The Morgan fingerprint density at radius 1 is 1.38 bits per heavy atom. The summed E-state index contributed by atoms with van der Waals surface area (Å²) in [6.45, 7) is 8.39. The van der Waals surface area contributed by atoms with Gasteiger partial charge in [0, 0.05) is 11.1 Å². The van der Waals surface area contributed by atoms with Crippen LogP contribution < -0.4 is 4.74 Å². The standard InChI is InChI=1S/C16H19ClN2O2/c1-5-21-15-7-6-13(12(4)20)8-14(15)9-19-11(3)16(17)10(2)18-19/h6-8H,5,9H2,1-4H3. The Morgan fingerprint density at radius 2 is 2.10 bits per heavy atom. The lowest BCUT2D eigenvalue weighted by Gasteiger charge is -2.12. The molecule has 1 aromatic heterocycles. The fourth-order valence-corrected chi connectivity index (χ4v) is 2.34. The first-order valence-electron chi connectivity index (χ1n) is 6.90. The molecule has 0 saturated carbocycles. The molecule has 1 heterocycles. The highest BCUT2D eigenvalue weighted by Gasteiger charge is 2.13. The van der Waals surface area contributed by atoms with Gasteiger partial charge < -0.3 is 4.74 Å². The maximum atomic E-state index is 11.6. The molecule has 0 saturated heterocycles. The molecule has 0 N–H and O–H groups in total. The maximum Gasteiger partial charge on any atom is 0.159 e. The quantitative estimate of drug-likeness (QED) is 0.789. The first-order chi connectivity index (χ1) is 9.93.